The SMILES string of the molecule is C/C(=N\OCC(=O)Nc1sc2c(c1C#N)CC(C)(C)NC2(C)C)c1cccs1. The van der Waals surface area contributed by atoms with Crippen LogP contribution < -0.4 is 10.6 Å². The molecule has 0 fully saturated rings. The predicted octanol–water partition coefficient (Wildman–Crippen LogP) is 4.22. The summed E-state index contributed by atoms with van der Waals surface area (Å²) < 4.78 is 0. The number of nitrogens with zero attached hydrogens (tertiary/aromatic N) is 2. The fourth-order valence-electron chi connectivity index (χ4n) is 3.61. The molecule has 0 bridgehead atoms. The maximum absolute atomic E-state index is 12.3. The van der Waals surface area contributed by atoms with Crippen LogP contribution in [-0.4, -0.2) is 23.8 Å². The van der Waals surface area contributed by atoms with Crippen molar-refractivity contribution in [2.45, 2.75) is 52.1 Å². The van der Waals surface area contributed by atoms with Crippen LogP contribution in [0.15, 0.2) is 22.7 Å². The van der Waals surface area contributed by atoms with E-state index in [1.165, 1.54) is 11.3 Å². The number of hydrogen-bond donors (Lipinski definition) is 2. The number of hydrogen-bond acceptors (Lipinski definition) is 7. The molecule has 2 aromatic rings. The van der Waals surface area contributed by atoms with Crippen molar-refractivity contribution >= 4 is 39.3 Å². The number of amides is 1. The van der Waals surface area contributed by atoms with Gasteiger partial charge in [0, 0.05) is 16.0 Å². The summed E-state index contributed by atoms with van der Waals surface area (Å²) >= 11 is 3.01. The van der Waals surface area contributed by atoms with E-state index in [-0.39, 0.29) is 23.6 Å². The molecule has 0 spiro atoms. The van der Waals surface area contributed by atoms with E-state index in [1.54, 1.807) is 11.3 Å². The van der Waals surface area contributed by atoms with Crippen molar-refractivity contribution in [1.82, 2.24) is 5.32 Å². The van der Waals surface area contributed by atoms with E-state index in [1.807, 2.05) is 24.4 Å². The molecule has 1 aliphatic heterocycles. The Morgan fingerprint density at radius 3 is 2.82 bits per heavy atom. The second-order valence-corrected chi connectivity index (χ2v) is 9.98. The smallest absolute Gasteiger partial charge is 0.265 e. The molecule has 1 amide bonds. The van der Waals surface area contributed by atoms with Crippen molar-refractivity contribution < 1.29 is 9.63 Å². The largest absolute Gasteiger partial charge is 0.385 e. The first-order valence-electron chi connectivity index (χ1n) is 8.99. The van der Waals surface area contributed by atoms with Gasteiger partial charge in [-0.15, -0.1) is 22.7 Å². The molecule has 2 N–H and O–H groups in total. The average Bonchev–Trinajstić information content (AvgIpc) is 3.21. The van der Waals surface area contributed by atoms with Gasteiger partial charge in [0.05, 0.1) is 16.2 Å². The number of fused-ring (bicyclic) bond motifs is 1. The van der Waals surface area contributed by atoms with Gasteiger partial charge in [0.25, 0.3) is 5.91 Å². The summed E-state index contributed by atoms with van der Waals surface area (Å²) in [5.41, 5.74) is 1.90. The first-order chi connectivity index (χ1) is 13.1. The molecule has 8 heteroatoms. The molecule has 6 nitrogen and oxygen atoms in total. The molecule has 3 rings (SSSR count). The number of oxime groups is 1. The molecule has 0 saturated heterocycles. The normalized spacial score (nSPS) is 17.5. The van der Waals surface area contributed by atoms with Crippen LogP contribution in [0, 0.1) is 11.3 Å². The minimum Gasteiger partial charge on any atom is -0.385 e. The Hall–Kier alpha value is -2.21. The molecule has 28 heavy (non-hydrogen) atoms. The molecular formula is C20H24N4O2S2. The summed E-state index contributed by atoms with van der Waals surface area (Å²) in [5.74, 6) is -0.331. The van der Waals surface area contributed by atoms with E-state index in [0.29, 0.717) is 10.6 Å². The van der Waals surface area contributed by atoms with Gasteiger partial charge in [0.2, 0.25) is 0 Å². The number of carbonyl (C=O) groups excluding carboxylic acids is 1. The molecule has 0 aromatic carbocycles. The lowest BCUT2D eigenvalue weighted by Crippen LogP contribution is -2.54. The van der Waals surface area contributed by atoms with E-state index >= 15 is 0 Å². The van der Waals surface area contributed by atoms with Crippen LogP contribution in [0.25, 0.3) is 0 Å². The first kappa shape index (κ1) is 20.5. The van der Waals surface area contributed by atoms with Crippen LogP contribution in [0.2, 0.25) is 0 Å². The van der Waals surface area contributed by atoms with Crippen LogP contribution >= 0.6 is 22.7 Å². The van der Waals surface area contributed by atoms with E-state index in [2.05, 4.69) is 49.6 Å². The van der Waals surface area contributed by atoms with Crippen molar-refractivity contribution in [2.75, 3.05) is 11.9 Å². The van der Waals surface area contributed by atoms with Crippen molar-refractivity contribution in [1.29, 1.82) is 5.26 Å². The van der Waals surface area contributed by atoms with Crippen molar-refractivity contribution in [3.8, 4) is 6.07 Å². The Morgan fingerprint density at radius 1 is 1.43 bits per heavy atom. The standard InChI is InChI=1S/C20H24N4O2S2/c1-12(15-7-6-8-27-15)23-26-11-16(25)22-18-14(10-21)13-9-19(2,3)24-20(4,5)17(13)28-18/h6-8,24H,9,11H2,1-5H3,(H,22,25)/b23-12+. The second kappa shape index (κ2) is 7.66. The molecule has 0 radical (unpaired) electrons. The predicted molar refractivity (Wildman–Crippen MR) is 114 cm³/mol. The third kappa shape index (κ3) is 4.27. The van der Waals surface area contributed by atoms with Crippen molar-refractivity contribution in [3.63, 3.8) is 0 Å². The molecule has 0 aliphatic carbocycles. The highest BCUT2D eigenvalue weighted by Gasteiger charge is 2.40. The molecule has 0 atom stereocenters. The summed E-state index contributed by atoms with van der Waals surface area (Å²) in [6, 6.07) is 6.16. The number of anilines is 1. The number of nitrogens with one attached hydrogen (secondary N) is 2. The van der Waals surface area contributed by atoms with Gasteiger partial charge in [0.15, 0.2) is 6.61 Å². The number of rotatable bonds is 5. The quantitative estimate of drug-likeness (QED) is 0.564. The van der Waals surface area contributed by atoms with Crippen LogP contribution in [0.4, 0.5) is 5.00 Å². The zero-order chi connectivity index (χ0) is 20.5. The van der Waals surface area contributed by atoms with Gasteiger partial charge in [-0.05, 0) is 58.0 Å². The average molecular weight is 417 g/mol. The van der Waals surface area contributed by atoms with Crippen LogP contribution in [0.3, 0.4) is 0 Å². The molecular weight excluding hydrogens is 392 g/mol. The minimum absolute atomic E-state index is 0.123. The van der Waals surface area contributed by atoms with E-state index in [4.69, 9.17) is 4.84 Å². The van der Waals surface area contributed by atoms with E-state index in [0.717, 1.165) is 27.5 Å². The van der Waals surface area contributed by atoms with Gasteiger partial charge in [0.1, 0.15) is 11.1 Å². The van der Waals surface area contributed by atoms with Crippen molar-refractivity contribution in [3.05, 3.63) is 38.4 Å². The van der Waals surface area contributed by atoms with Crippen LogP contribution in [0.5, 0.6) is 0 Å². The first-order valence-corrected chi connectivity index (χ1v) is 10.7. The van der Waals surface area contributed by atoms with Gasteiger partial charge < -0.3 is 15.5 Å². The summed E-state index contributed by atoms with van der Waals surface area (Å²) in [4.78, 5) is 19.6. The fraction of sp³-hybridized carbons (Fsp3) is 0.450. The number of nitriles is 1. The summed E-state index contributed by atoms with van der Waals surface area (Å²) in [7, 11) is 0. The third-order valence-electron chi connectivity index (χ3n) is 4.48. The monoisotopic (exact) mass is 416 g/mol. The molecule has 148 valence electrons. The molecule has 0 unspecified atom stereocenters. The lowest BCUT2D eigenvalue weighted by atomic mass is 9.81. The molecule has 0 saturated carbocycles. The zero-order valence-electron chi connectivity index (χ0n) is 16.7. The van der Waals surface area contributed by atoms with Crippen LogP contribution in [0.1, 0.15) is 55.5 Å². The highest BCUT2D eigenvalue weighted by atomic mass is 32.1. The fourth-order valence-corrected chi connectivity index (χ4v) is 5.53. The second-order valence-electron chi connectivity index (χ2n) is 8.01. The maximum Gasteiger partial charge on any atom is 0.265 e. The minimum atomic E-state index is -0.331. The summed E-state index contributed by atoms with van der Waals surface area (Å²) in [5, 5.41) is 22.7. The Balaban J connectivity index is 1.73. The van der Waals surface area contributed by atoms with Gasteiger partial charge in [-0.3, -0.25) is 4.79 Å². The summed E-state index contributed by atoms with van der Waals surface area (Å²) in [6.07, 6.45) is 0.738. The number of thiophene rings is 2. The highest BCUT2D eigenvalue weighted by molar-refractivity contribution is 7.17. The van der Waals surface area contributed by atoms with Gasteiger partial charge in [-0.2, -0.15) is 5.26 Å². The van der Waals surface area contributed by atoms with Gasteiger partial charge in [-0.1, -0.05) is 11.2 Å². The van der Waals surface area contributed by atoms with E-state index < -0.39 is 0 Å². The Labute approximate surface area is 173 Å². The lowest BCUT2D eigenvalue weighted by Gasteiger charge is -2.42. The molecule has 2 aromatic heterocycles. The van der Waals surface area contributed by atoms with Gasteiger partial charge >= 0.3 is 0 Å². The zero-order valence-corrected chi connectivity index (χ0v) is 18.3. The Morgan fingerprint density at radius 2 is 2.18 bits per heavy atom. The van der Waals surface area contributed by atoms with Gasteiger partial charge in [-0.25, -0.2) is 0 Å². The summed E-state index contributed by atoms with van der Waals surface area (Å²) in [6.45, 7) is 10.1. The maximum atomic E-state index is 12.3. The molecule has 3 heterocycles. The van der Waals surface area contributed by atoms with E-state index in [9.17, 15) is 10.1 Å². The third-order valence-corrected chi connectivity index (χ3v) is 6.93. The Bertz CT molecular complexity index is 950. The van der Waals surface area contributed by atoms with Crippen LogP contribution in [-0.2, 0) is 21.6 Å². The topological polar surface area (TPSA) is 86.5 Å². The van der Waals surface area contributed by atoms with Crippen molar-refractivity contribution in [2.24, 2.45) is 5.16 Å². The molecule has 1 aliphatic rings. The number of carbonyl (C=O) groups is 1. The Kier molecular flexibility index (Phi) is 5.62. The lowest BCUT2D eigenvalue weighted by molar-refractivity contribution is -0.120. The highest BCUT2D eigenvalue weighted by Crippen LogP contribution is 2.44.